The lowest BCUT2D eigenvalue weighted by Crippen LogP contribution is -2.49. The molecule has 1 aliphatic heterocycles. The summed E-state index contributed by atoms with van der Waals surface area (Å²) in [7, 11) is 0. The molecule has 0 aliphatic carbocycles. The monoisotopic (exact) mass is 366 g/mol. The Kier molecular flexibility index (Phi) is 8.05. The molecule has 0 radical (unpaired) electrons. The molecule has 1 atom stereocenters. The van der Waals surface area contributed by atoms with E-state index < -0.39 is 29.4 Å². The Labute approximate surface area is 137 Å². The third-order valence-electron chi connectivity index (χ3n) is 3.43. The Balaban J connectivity index is 0.00000220. The fourth-order valence-electron chi connectivity index (χ4n) is 2.39. The van der Waals surface area contributed by atoms with Crippen molar-refractivity contribution in [2.75, 3.05) is 26.2 Å². The maximum atomic E-state index is 13.9. The largest absolute Gasteiger partial charge is 0.408 e. The lowest BCUT2D eigenvalue weighted by atomic mass is 10.0. The zero-order valence-corrected chi connectivity index (χ0v) is 13.3. The highest BCUT2D eigenvalue weighted by molar-refractivity contribution is 5.85. The maximum absolute atomic E-state index is 13.9. The molecule has 22 heavy (non-hydrogen) atoms. The van der Waals surface area contributed by atoms with Gasteiger partial charge >= 0.3 is 6.18 Å². The molecule has 0 saturated carbocycles. The molecule has 2 rings (SSSR count). The van der Waals surface area contributed by atoms with E-state index >= 15 is 0 Å². The minimum absolute atomic E-state index is 0. The molecule has 0 spiro atoms. The molecule has 0 bridgehead atoms. The van der Waals surface area contributed by atoms with Crippen LogP contribution in [-0.4, -0.2) is 37.3 Å². The van der Waals surface area contributed by atoms with Gasteiger partial charge in [-0.25, -0.2) is 8.78 Å². The molecule has 9 heteroatoms. The van der Waals surface area contributed by atoms with Crippen LogP contribution in [0.5, 0.6) is 0 Å². The van der Waals surface area contributed by atoms with Crippen molar-refractivity contribution in [1.82, 2.24) is 10.2 Å². The predicted octanol–water partition coefficient (Wildman–Crippen LogP) is 3.63. The van der Waals surface area contributed by atoms with Crippen LogP contribution in [0, 0.1) is 18.6 Å². The van der Waals surface area contributed by atoms with Gasteiger partial charge < -0.3 is 5.32 Å². The number of alkyl halides is 3. The van der Waals surface area contributed by atoms with E-state index in [-0.39, 0.29) is 43.5 Å². The molecule has 1 fully saturated rings. The highest BCUT2D eigenvalue weighted by Gasteiger charge is 2.46. The van der Waals surface area contributed by atoms with Gasteiger partial charge in [0.25, 0.3) is 0 Å². The molecular formula is C13H17Cl2F5N2. The summed E-state index contributed by atoms with van der Waals surface area (Å²) in [5, 5.41) is 2.93. The highest BCUT2D eigenvalue weighted by atomic mass is 35.5. The third-order valence-corrected chi connectivity index (χ3v) is 3.43. The number of hydrogen-bond acceptors (Lipinski definition) is 2. The lowest BCUT2D eigenvalue weighted by molar-refractivity contribution is -0.188. The van der Waals surface area contributed by atoms with Crippen molar-refractivity contribution in [1.29, 1.82) is 0 Å². The molecule has 1 aliphatic rings. The first-order valence-corrected chi connectivity index (χ1v) is 6.28. The number of nitrogens with zero attached hydrogens (tertiary/aromatic N) is 1. The number of rotatable bonds is 2. The Morgan fingerprint density at radius 3 is 2.09 bits per heavy atom. The van der Waals surface area contributed by atoms with E-state index in [2.05, 4.69) is 5.32 Å². The van der Waals surface area contributed by atoms with E-state index in [1.54, 1.807) is 0 Å². The van der Waals surface area contributed by atoms with Crippen LogP contribution in [0.1, 0.15) is 17.2 Å². The van der Waals surface area contributed by atoms with Gasteiger partial charge in [-0.2, -0.15) is 13.2 Å². The van der Waals surface area contributed by atoms with Gasteiger partial charge in [-0.1, -0.05) is 12.1 Å². The standard InChI is InChI=1S/C13H15F5N2.2ClH/c1-8-2-3-9(11(15)10(8)14)12(13(16,17)18)20-6-4-19-5-7-20;;/h2-3,12,19H,4-7H2,1H3;2*1H/t12-;;/m1../s1. The smallest absolute Gasteiger partial charge is 0.314 e. The first kappa shape index (κ1) is 21.4. The zero-order chi connectivity index (χ0) is 14.9. The van der Waals surface area contributed by atoms with Gasteiger partial charge in [0, 0.05) is 31.7 Å². The second kappa shape index (κ2) is 8.29. The first-order valence-electron chi connectivity index (χ1n) is 6.28. The summed E-state index contributed by atoms with van der Waals surface area (Å²) in [6.45, 7) is 2.37. The summed E-state index contributed by atoms with van der Waals surface area (Å²) < 4.78 is 67.2. The quantitative estimate of drug-likeness (QED) is 0.804. The number of aryl methyl sites for hydroxylation is 1. The summed E-state index contributed by atoms with van der Waals surface area (Å²) in [4.78, 5) is 1.13. The minimum Gasteiger partial charge on any atom is -0.314 e. The molecule has 0 aromatic heterocycles. The molecule has 1 aromatic rings. The van der Waals surface area contributed by atoms with Crippen molar-refractivity contribution in [2.24, 2.45) is 0 Å². The molecule has 1 saturated heterocycles. The van der Waals surface area contributed by atoms with Gasteiger partial charge in [0.2, 0.25) is 0 Å². The summed E-state index contributed by atoms with van der Waals surface area (Å²) in [6, 6.07) is 0.0857. The van der Waals surface area contributed by atoms with Gasteiger partial charge in [0.15, 0.2) is 11.6 Å². The van der Waals surface area contributed by atoms with Crippen LogP contribution < -0.4 is 5.32 Å². The normalized spacial score (nSPS) is 17.4. The maximum Gasteiger partial charge on any atom is 0.408 e. The topological polar surface area (TPSA) is 15.3 Å². The zero-order valence-electron chi connectivity index (χ0n) is 11.7. The Morgan fingerprint density at radius 2 is 1.59 bits per heavy atom. The summed E-state index contributed by atoms with van der Waals surface area (Å²) >= 11 is 0. The van der Waals surface area contributed by atoms with Gasteiger partial charge in [-0.15, -0.1) is 24.8 Å². The van der Waals surface area contributed by atoms with E-state index in [1.807, 2.05) is 0 Å². The number of benzene rings is 1. The summed E-state index contributed by atoms with van der Waals surface area (Å²) in [5.41, 5.74) is -0.657. The van der Waals surface area contributed by atoms with Crippen molar-refractivity contribution in [3.8, 4) is 0 Å². The molecule has 128 valence electrons. The number of nitrogens with one attached hydrogen (secondary N) is 1. The van der Waals surface area contributed by atoms with Crippen LogP contribution in [0.15, 0.2) is 12.1 Å². The molecule has 1 N–H and O–H groups in total. The Hall–Kier alpha value is -0.630. The van der Waals surface area contributed by atoms with E-state index in [9.17, 15) is 22.0 Å². The average molecular weight is 367 g/mol. The van der Waals surface area contributed by atoms with Gasteiger partial charge in [0.1, 0.15) is 6.04 Å². The molecule has 1 aromatic carbocycles. The molecule has 0 amide bonds. The second-order valence-corrected chi connectivity index (χ2v) is 4.83. The SMILES string of the molecule is Cc1ccc([C@@H](N2CCNCC2)C(F)(F)F)c(F)c1F.Cl.Cl. The van der Waals surface area contributed by atoms with E-state index in [0.717, 1.165) is 11.0 Å². The van der Waals surface area contributed by atoms with Crippen molar-refractivity contribution in [3.05, 3.63) is 34.9 Å². The second-order valence-electron chi connectivity index (χ2n) is 4.83. The van der Waals surface area contributed by atoms with Crippen LogP contribution in [0.4, 0.5) is 22.0 Å². The number of halogens is 7. The van der Waals surface area contributed by atoms with Crippen LogP contribution >= 0.6 is 24.8 Å². The number of piperazine rings is 1. The van der Waals surface area contributed by atoms with Gasteiger partial charge in [0.05, 0.1) is 0 Å². The van der Waals surface area contributed by atoms with E-state index in [0.29, 0.717) is 13.1 Å². The van der Waals surface area contributed by atoms with E-state index in [1.165, 1.54) is 13.0 Å². The van der Waals surface area contributed by atoms with Crippen LogP contribution in [-0.2, 0) is 0 Å². The van der Waals surface area contributed by atoms with Crippen LogP contribution in [0.2, 0.25) is 0 Å². The molecule has 2 nitrogen and oxygen atoms in total. The van der Waals surface area contributed by atoms with E-state index in [4.69, 9.17) is 0 Å². The van der Waals surface area contributed by atoms with Crippen molar-refractivity contribution in [2.45, 2.75) is 19.1 Å². The van der Waals surface area contributed by atoms with Crippen LogP contribution in [0.25, 0.3) is 0 Å². The highest BCUT2D eigenvalue weighted by Crippen LogP contribution is 2.39. The Morgan fingerprint density at radius 1 is 1.05 bits per heavy atom. The van der Waals surface area contributed by atoms with Crippen molar-refractivity contribution in [3.63, 3.8) is 0 Å². The molecule has 1 heterocycles. The summed E-state index contributed by atoms with van der Waals surface area (Å²) in [5.74, 6) is -2.63. The summed E-state index contributed by atoms with van der Waals surface area (Å²) in [6.07, 6.45) is -4.65. The fraction of sp³-hybridized carbons (Fsp3) is 0.538. The predicted molar refractivity (Wildman–Crippen MR) is 78.8 cm³/mol. The molecule has 0 unspecified atom stereocenters. The van der Waals surface area contributed by atoms with Crippen molar-refractivity contribution >= 4 is 24.8 Å². The lowest BCUT2D eigenvalue weighted by Gasteiger charge is -2.36. The van der Waals surface area contributed by atoms with Crippen LogP contribution in [0.3, 0.4) is 0 Å². The van der Waals surface area contributed by atoms with Crippen molar-refractivity contribution < 1.29 is 22.0 Å². The first-order chi connectivity index (χ1) is 9.32. The van der Waals surface area contributed by atoms with Gasteiger partial charge in [-0.05, 0) is 12.5 Å². The fourth-order valence-corrected chi connectivity index (χ4v) is 2.39. The average Bonchev–Trinajstić information content (AvgIpc) is 2.39. The Bertz CT molecular complexity index is 490. The number of hydrogen-bond donors (Lipinski definition) is 1. The molecular weight excluding hydrogens is 350 g/mol. The van der Waals surface area contributed by atoms with Gasteiger partial charge in [-0.3, -0.25) is 4.90 Å². The third kappa shape index (κ3) is 4.44. The minimum atomic E-state index is -4.65.